The Hall–Kier alpha value is -0.860. The van der Waals surface area contributed by atoms with Crippen molar-refractivity contribution in [1.29, 1.82) is 0 Å². The second-order valence-corrected chi connectivity index (χ2v) is 10.1. The fourth-order valence-corrected chi connectivity index (χ4v) is 5.33. The fraction of sp³-hybridized carbons (Fsp3) is 0.611. The van der Waals surface area contributed by atoms with Gasteiger partial charge in [0.05, 0.1) is 16.7 Å². The van der Waals surface area contributed by atoms with Gasteiger partial charge in [-0.15, -0.1) is 0 Å². The van der Waals surface area contributed by atoms with Crippen LogP contribution in [0.2, 0.25) is 10.0 Å². The van der Waals surface area contributed by atoms with Crippen LogP contribution in [0.4, 0.5) is 0 Å². The van der Waals surface area contributed by atoms with Crippen LogP contribution in [-0.2, 0) is 24.3 Å². The average molecular weight is 438 g/mol. The molecule has 1 saturated heterocycles. The highest BCUT2D eigenvalue weighted by Crippen LogP contribution is 2.33. The monoisotopic (exact) mass is 437 g/mol. The molecule has 0 radical (unpaired) electrons. The Kier molecular flexibility index (Phi) is 7.55. The molecule has 27 heavy (non-hydrogen) atoms. The van der Waals surface area contributed by atoms with Gasteiger partial charge in [0, 0.05) is 12.6 Å². The molecule has 0 bridgehead atoms. The largest absolute Gasteiger partial charge is 0.458 e. The third-order valence-electron chi connectivity index (χ3n) is 4.03. The minimum Gasteiger partial charge on any atom is -0.458 e. The third kappa shape index (κ3) is 6.06. The van der Waals surface area contributed by atoms with E-state index in [4.69, 9.17) is 32.7 Å². The highest BCUT2D eigenvalue weighted by atomic mass is 35.5. The molecule has 0 spiro atoms. The lowest BCUT2D eigenvalue weighted by atomic mass is 10.1. The molecule has 1 unspecified atom stereocenters. The van der Waals surface area contributed by atoms with E-state index in [-0.39, 0.29) is 34.2 Å². The second kappa shape index (κ2) is 9.09. The van der Waals surface area contributed by atoms with Crippen LogP contribution < -0.4 is 0 Å². The molecule has 152 valence electrons. The summed E-state index contributed by atoms with van der Waals surface area (Å²) in [4.78, 5) is 11.8. The smallest absolute Gasteiger partial charge is 0.332 e. The molecule has 1 heterocycles. The number of hydrogen-bond acceptors (Lipinski definition) is 5. The third-order valence-corrected chi connectivity index (χ3v) is 6.95. The lowest BCUT2D eigenvalue weighted by Gasteiger charge is -2.34. The van der Waals surface area contributed by atoms with E-state index in [9.17, 15) is 13.2 Å². The summed E-state index contributed by atoms with van der Waals surface area (Å²) in [5, 5.41) is 0.200. The van der Waals surface area contributed by atoms with Crippen molar-refractivity contribution in [3.8, 4) is 0 Å². The lowest BCUT2D eigenvalue weighted by Crippen LogP contribution is -2.46. The van der Waals surface area contributed by atoms with Gasteiger partial charge in [0.25, 0.3) is 0 Å². The van der Waals surface area contributed by atoms with Gasteiger partial charge in [0.1, 0.15) is 17.1 Å². The summed E-state index contributed by atoms with van der Waals surface area (Å²) in [6, 6.07) is 4.16. The predicted octanol–water partition coefficient (Wildman–Crippen LogP) is 3.89. The molecule has 1 aromatic rings. The summed E-state index contributed by atoms with van der Waals surface area (Å²) in [5.74, 6) is -0.481. The Morgan fingerprint density at radius 1 is 1.26 bits per heavy atom. The van der Waals surface area contributed by atoms with Crippen molar-refractivity contribution >= 4 is 39.2 Å². The Balaban J connectivity index is 2.08. The summed E-state index contributed by atoms with van der Waals surface area (Å²) >= 11 is 12.1. The number of halogens is 2. The highest BCUT2D eigenvalue weighted by Gasteiger charge is 2.35. The minimum atomic E-state index is -3.82. The van der Waals surface area contributed by atoms with Gasteiger partial charge in [-0.05, 0) is 45.7 Å². The van der Waals surface area contributed by atoms with E-state index in [0.29, 0.717) is 13.0 Å². The molecule has 1 atom stereocenters. The molecular weight excluding hydrogens is 413 g/mol. The molecule has 2 rings (SSSR count). The maximum atomic E-state index is 13.1. The number of carbonyl (C=O) groups excluding carboxylic acids is 1. The van der Waals surface area contributed by atoms with Crippen molar-refractivity contribution in [3.05, 3.63) is 28.2 Å². The van der Waals surface area contributed by atoms with Crippen LogP contribution >= 0.6 is 23.2 Å². The molecule has 1 aliphatic rings. The van der Waals surface area contributed by atoms with Crippen LogP contribution in [0.1, 0.15) is 40.0 Å². The normalized spacial score (nSPS) is 19.1. The number of carbonyl (C=O) groups is 1. The summed E-state index contributed by atoms with van der Waals surface area (Å²) in [6.45, 7) is 5.57. The van der Waals surface area contributed by atoms with Crippen molar-refractivity contribution in [2.45, 2.75) is 56.6 Å². The number of rotatable bonds is 6. The van der Waals surface area contributed by atoms with Crippen LogP contribution in [0, 0.1) is 0 Å². The zero-order valence-electron chi connectivity index (χ0n) is 15.7. The number of hydrogen-bond donors (Lipinski definition) is 0. The van der Waals surface area contributed by atoms with Crippen LogP contribution in [0.15, 0.2) is 23.1 Å². The van der Waals surface area contributed by atoms with Crippen molar-refractivity contribution in [1.82, 2.24) is 4.31 Å². The minimum absolute atomic E-state index is 0.0122. The molecular formula is C18H25Cl2NO5S. The van der Waals surface area contributed by atoms with Gasteiger partial charge < -0.3 is 9.47 Å². The van der Waals surface area contributed by atoms with E-state index in [1.807, 2.05) is 0 Å². The molecule has 0 aromatic heterocycles. The van der Waals surface area contributed by atoms with Gasteiger partial charge in [-0.25, -0.2) is 13.2 Å². The zero-order valence-corrected chi connectivity index (χ0v) is 18.0. The first-order valence-corrected chi connectivity index (χ1v) is 11.0. The van der Waals surface area contributed by atoms with E-state index < -0.39 is 21.6 Å². The summed E-state index contributed by atoms with van der Waals surface area (Å²) in [5.41, 5.74) is -0.593. The molecule has 9 heteroatoms. The molecule has 0 aliphatic carbocycles. The Morgan fingerprint density at radius 2 is 1.96 bits per heavy atom. The summed E-state index contributed by atoms with van der Waals surface area (Å²) in [7, 11) is -3.82. The first-order chi connectivity index (χ1) is 12.5. The summed E-state index contributed by atoms with van der Waals surface area (Å²) in [6.07, 6.45) is 2.28. The van der Waals surface area contributed by atoms with Gasteiger partial charge in [-0.3, -0.25) is 0 Å². The number of nitrogens with zero attached hydrogens (tertiary/aromatic N) is 1. The molecule has 6 nitrogen and oxygen atoms in total. The number of piperidine rings is 1. The molecule has 0 amide bonds. The first-order valence-electron chi connectivity index (χ1n) is 8.78. The van der Waals surface area contributed by atoms with E-state index in [1.54, 1.807) is 32.9 Å². The SMILES string of the molecule is CC(C)(C)OC(=O)COCC1CCCCN1S(=O)(=O)c1cccc(Cl)c1Cl. The van der Waals surface area contributed by atoms with Crippen LogP contribution in [-0.4, -0.2) is 50.1 Å². The van der Waals surface area contributed by atoms with Gasteiger partial charge in [-0.2, -0.15) is 4.31 Å². The van der Waals surface area contributed by atoms with Gasteiger partial charge in [-0.1, -0.05) is 35.7 Å². The van der Waals surface area contributed by atoms with Crippen LogP contribution in [0.3, 0.4) is 0 Å². The van der Waals surface area contributed by atoms with Crippen molar-refractivity contribution in [2.24, 2.45) is 0 Å². The standard InChI is InChI=1S/C18H25Cl2NO5S/c1-18(2,3)26-16(22)12-25-11-13-7-4-5-10-21(13)27(23,24)15-9-6-8-14(19)17(15)20/h6,8-9,13H,4-5,7,10-12H2,1-3H3. The summed E-state index contributed by atoms with van der Waals surface area (Å²) < 4.78 is 38.2. The molecule has 1 fully saturated rings. The predicted molar refractivity (Wildman–Crippen MR) is 105 cm³/mol. The van der Waals surface area contributed by atoms with Crippen molar-refractivity contribution < 1.29 is 22.7 Å². The quantitative estimate of drug-likeness (QED) is 0.630. The van der Waals surface area contributed by atoms with Gasteiger partial charge >= 0.3 is 5.97 Å². The maximum Gasteiger partial charge on any atom is 0.332 e. The molecule has 1 aromatic carbocycles. The van der Waals surface area contributed by atoms with Crippen LogP contribution in [0.5, 0.6) is 0 Å². The van der Waals surface area contributed by atoms with Gasteiger partial charge in [0.2, 0.25) is 10.0 Å². The Bertz CT molecular complexity index is 776. The van der Waals surface area contributed by atoms with E-state index in [1.165, 1.54) is 10.4 Å². The Labute approximate surface area is 170 Å². The second-order valence-electron chi connectivity index (χ2n) is 7.42. The lowest BCUT2D eigenvalue weighted by molar-refractivity contribution is -0.160. The van der Waals surface area contributed by atoms with E-state index in [2.05, 4.69) is 0 Å². The van der Waals surface area contributed by atoms with Crippen LogP contribution in [0.25, 0.3) is 0 Å². The molecule has 0 saturated carbocycles. The van der Waals surface area contributed by atoms with Gasteiger partial charge in [0.15, 0.2) is 0 Å². The fourth-order valence-electron chi connectivity index (χ4n) is 2.92. The average Bonchev–Trinajstić information content (AvgIpc) is 2.56. The number of ether oxygens (including phenoxy) is 2. The Morgan fingerprint density at radius 3 is 2.63 bits per heavy atom. The number of sulfonamides is 1. The zero-order chi connectivity index (χ0) is 20.2. The topological polar surface area (TPSA) is 72.9 Å². The van der Waals surface area contributed by atoms with E-state index in [0.717, 1.165) is 12.8 Å². The maximum absolute atomic E-state index is 13.1. The van der Waals surface area contributed by atoms with Crippen molar-refractivity contribution in [3.63, 3.8) is 0 Å². The number of esters is 1. The first kappa shape index (κ1) is 22.4. The van der Waals surface area contributed by atoms with Crippen molar-refractivity contribution in [2.75, 3.05) is 19.8 Å². The molecule has 0 N–H and O–H groups in total. The molecule has 1 aliphatic heterocycles. The number of benzene rings is 1. The highest BCUT2D eigenvalue weighted by molar-refractivity contribution is 7.89. The van der Waals surface area contributed by atoms with E-state index >= 15 is 0 Å².